The van der Waals surface area contributed by atoms with E-state index >= 15 is 0 Å². The van der Waals surface area contributed by atoms with E-state index < -0.39 is 0 Å². The van der Waals surface area contributed by atoms with E-state index in [2.05, 4.69) is 45.9 Å². The summed E-state index contributed by atoms with van der Waals surface area (Å²) < 4.78 is 2.19. The van der Waals surface area contributed by atoms with Gasteiger partial charge in [-0.2, -0.15) is 0 Å². The maximum Gasteiger partial charge on any atom is 0.191 e. The molecule has 0 saturated carbocycles. The van der Waals surface area contributed by atoms with E-state index in [0.29, 0.717) is 12.0 Å². The quantitative estimate of drug-likeness (QED) is 0.799. The van der Waals surface area contributed by atoms with Crippen molar-refractivity contribution in [2.75, 3.05) is 6.54 Å². The third kappa shape index (κ3) is 4.15. The first-order valence-corrected chi connectivity index (χ1v) is 6.20. The Kier molecular flexibility index (Phi) is 5.90. The van der Waals surface area contributed by atoms with E-state index in [1.807, 2.05) is 12.4 Å². The third-order valence-electron chi connectivity index (χ3n) is 2.68. The van der Waals surface area contributed by atoms with Crippen molar-refractivity contribution >= 4 is 29.9 Å². The molecule has 1 aromatic rings. The van der Waals surface area contributed by atoms with Crippen molar-refractivity contribution in [1.29, 1.82) is 0 Å². The summed E-state index contributed by atoms with van der Waals surface area (Å²) in [6.45, 7) is 9.12. The number of nitrogens with one attached hydrogen (secondary N) is 2. The van der Waals surface area contributed by atoms with Crippen molar-refractivity contribution in [3.8, 4) is 0 Å². The fraction of sp³-hybridized carbons (Fsp3) is 0.667. The van der Waals surface area contributed by atoms with Crippen LogP contribution in [0.1, 0.15) is 26.6 Å². The zero-order chi connectivity index (χ0) is 12.3. The van der Waals surface area contributed by atoms with E-state index in [-0.39, 0.29) is 24.0 Å². The fourth-order valence-electron chi connectivity index (χ4n) is 1.89. The van der Waals surface area contributed by atoms with Crippen LogP contribution in [0.2, 0.25) is 0 Å². The van der Waals surface area contributed by atoms with Crippen LogP contribution in [0.5, 0.6) is 0 Å². The van der Waals surface area contributed by atoms with Gasteiger partial charge in [-0.25, -0.2) is 4.98 Å². The Balaban J connectivity index is 0.00000162. The van der Waals surface area contributed by atoms with Gasteiger partial charge in [-0.05, 0) is 12.8 Å². The molecule has 0 radical (unpaired) electrons. The number of aromatic nitrogens is 2. The molecule has 0 saturated heterocycles. The molecule has 6 heteroatoms. The molecule has 2 N–H and O–H groups in total. The number of nitrogens with zero attached hydrogens (tertiary/aromatic N) is 3. The highest BCUT2D eigenvalue weighted by Crippen LogP contribution is 2.03. The van der Waals surface area contributed by atoms with Crippen LogP contribution in [0.15, 0.2) is 17.4 Å². The first kappa shape index (κ1) is 15.3. The average Bonchev–Trinajstić information content (AvgIpc) is 2.84. The Hall–Kier alpha value is -0.790. The lowest BCUT2D eigenvalue weighted by Crippen LogP contribution is -2.37. The van der Waals surface area contributed by atoms with Crippen molar-refractivity contribution in [3.05, 3.63) is 18.2 Å². The number of guanidine groups is 1. The van der Waals surface area contributed by atoms with Crippen molar-refractivity contribution in [2.45, 2.75) is 39.9 Å². The summed E-state index contributed by atoms with van der Waals surface area (Å²) >= 11 is 0. The van der Waals surface area contributed by atoms with Gasteiger partial charge in [0.2, 0.25) is 0 Å². The summed E-state index contributed by atoms with van der Waals surface area (Å²) in [4.78, 5) is 8.73. The number of aliphatic imine (C=N–C) groups is 1. The number of hydrogen-bond donors (Lipinski definition) is 2. The second kappa shape index (κ2) is 6.96. The second-order valence-electron chi connectivity index (χ2n) is 4.98. The molecule has 0 fully saturated rings. The van der Waals surface area contributed by atoms with Gasteiger partial charge < -0.3 is 15.2 Å². The minimum atomic E-state index is 0. The topological polar surface area (TPSA) is 54.2 Å². The monoisotopic (exact) mass is 363 g/mol. The lowest BCUT2D eigenvalue weighted by Gasteiger charge is -2.12. The number of imidazole rings is 1. The minimum Gasteiger partial charge on any atom is -0.352 e. The van der Waals surface area contributed by atoms with Gasteiger partial charge in [-0.3, -0.25) is 4.99 Å². The molecule has 2 rings (SSSR count). The zero-order valence-corrected chi connectivity index (χ0v) is 13.5. The average molecular weight is 363 g/mol. The van der Waals surface area contributed by atoms with Crippen LogP contribution in [0.4, 0.5) is 0 Å². The summed E-state index contributed by atoms with van der Waals surface area (Å²) in [5, 5.41) is 6.56. The van der Waals surface area contributed by atoms with Gasteiger partial charge in [0.15, 0.2) is 5.96 Å². The summed E-state index contributed by atoms with van der Waals surface area (Å²) in [6.07, 6.45) is 3.88. The van der Waals surface area contributed by atoms with Gasteiger partial charge in [0.25, 0.3) is 0 Å². The molecule has 0 aliphatic carbocycles. The fourth-order valence-corrected chi connectivity index (χ4v) is 1.89. The molecule has 1 atom stereocenters. The van der Waals surface area contributed by atoms with Crippen LogP contribution >= 0.6 is 24.0 Å². The number of hydrogen-bond acceptors (Lipinski definition) is 4. The summed E-state index contributed by atoms with van der Waals surface area (Å²) in [5.41, 5.74) is 0. The van der Waals surface area contributed by atoms with E-state index in [0.717, 1.165) is 31.4 Å². The molecule has 0 bridgehead atoms. The maximum atomic E-state index is 4.37. The molecule has 102 valence electrons. The molecule has 18 heavy (non-hydrogen) atoms. The summed E-state index contributed by atoms with van der Waals surface area (Å²) in [7, 11) is 0. The number of rotatable bonds is 4. The Labute approximate surface area is 125 Å². The molecule has 5 nitrogen and oxygen atoms in total. The van der Waals surface area contributed by atoms with E-state index in [4.69, 9.17) is 0 Å². The lowest BCUT2D eigenvalue weighted by atomic mass is 10.2. The lowest BCUT2D eigenvalue weighted by molar-refractivity contribution is 0.503. The van der Waals surface area contributed by atoms with Gasteiger partial charge in [-0.15, -0.1) is 24.0 Å². The standard InChI is InChI=1S/C12H21N5.HI/c1-9(2)8-17-5-4-13-11(17)7-15-12-14-6-10(3)16-12;/h4-5,9-10H,6-8H2,1-3H3,(H2,14,15,16);1H. The SMILES string of the molecule is CC(C)Cn1ccnc1CNC1=NCC(C)N1.I. The van der Waals surface area contributed by atoms with E-state index in [9.17, 15) is 0 Å². The number of halogens is 1. The van der Waals surface area contributed by atoms with E-state index in [1.54, 1.807) is 0 Å². The maximum absolute atomic E-state index is 4.37. The van der Waals surface area contributed by atoms with Gasteiger partial charge in [0.05, 0.1) is 13.1 Å². The zero-order valence-electron chi connectivity index (χ0n) is 11.2. The van der Waals surface area contributed by atoms with Crippen molar-refractivity contribution in [1.82, 2.24) is 20.2 Å². The largest absolute Gasteiger partial charge is 0.352 e. The first-order chi connectivity index (χ1) is 8.15. The van der Waals surface area contributed by atoms with Gasteiger partial charge in [0, 0.05) is 25.0 Å². The Morgan fingerprint density at radius 1 is 1.56 bits per heavy atom. The molecule has 0 aromatic carbocycles. The van der Waals surface area contributed by atoms with Crippen LogP contribution in [-0.2, 0) is 13.1 Å². The molecule has 0 amide bonds. The summed E-state index contributed by atoms with van der Waals surface area (Å²) in [5.74, 6) is 2.57. The molecule has 1 aliphatic rings. The van der Waals surface area contributed by atoms with Crippen molar-refractivity contribution in [2.24, 2.45) is 10.9 Å². The Morgan fingerprint density at radius 2 is 2.33 bits per heavy atom. The van der Waals surface area contributed by atoms with Crippen LogP contribution in [0.3, 0.4) is 0 Å². The van der Waals surface area contributed by atoms with Gasteiger partial charge in [0.1, 0.15) is 5.82 Å². The molecular formula is C12H22IN5. The summed E-state index contributed by atoms with van der Waals surface area (Å²) in [6, 6.07) is 0.438. The molecule has 0 spiro atoms. The predicted molar refractivity (Wildman–Crippen MR) is 84.2 cm³/mol. The molecular weight excluding hydrogens is 341 g/mol. The smallest absolute Gasteiger partial charge is 0.191 e. The first-order valence-electron chi connectivity index (χ1n) is 6.20. The molecule has 1 aromatic heterocycles. The molecule has 2 heterocycles. The van der Waals surface area contributed by atoms with Crippen LogP contribution in [0.25, 0.3) is 0 Å². The molecule has 1 aliphatic heterocycles. The Bertz CT molecular complexity index is 399. The molecule has 1 unspecified atom stereocenters. The highest BCUT2D eigenvalue weighted by atomic mass is 127. The van der Waals surface area contributed by atoms with Crippen molar-refractivity contribution < 1.29 is 0 Å². The van der Waals surface area contributed by atoms with E-state index in [1.165, 1.54) is 0 Å². The van der Waals surface area contributed by atoms with Gasteiger partial charge in [-0.1, -0.05) is 13.8 Å². The normalized spacial score (nSPS) is 18.2. The predicted octanol–water partition coefficient (Wildman–Crippen LogP) is 1.59. The minimum absolute atomic E-state index is 0. The van der Waals surface area contributed by atoms with Crippen molar-refractivity contribution in [3.63, 3.8) is 0 Å². The van der Waals surface area contributed by atoms with Crippen LogP contribution in [0, 0.1) is 5.92 Å². The highest BCUT2D eigenvalue weighted by molar-refractivity contribution is 14.0. The van der Waals surface area contributed by atoms with Gasteiger partial charge >= 0.3 is 0 Å². The van der Waals surface area contributed by atoms with Crippen LogP contribution in [-0.4, -0.2) is 28.1 Å². The third-order valence-corrected chi connectivity index (χ3v) is 2.68. The second-order valence-corrected chi connectivity index (χ2v) is 4.98. The Morgan fingerprint density at radius 3 is 2.94 bits per heavy atom. The van der Waals surface area contributed by atoms with Crippen LogP contribution < -0.4 is 10.6 Å². The highest BCUT2D eigenvalue weighted by Gasteiger charge is 2.12.